The maximum absolute atomic E-state index is 11.8. The van der Waals surface area contributed by atoms with Crippen LogP contribution in [-0.4, -0.2) is 37.9 Å². The van der Waals surface area contributed by atoms with Crippen molar-refractivity contribution in [3.05, 3.63) is 11.3 Å². The molecule has 0 aliphatic rings. The van der Waals surface area contributed by atoms with Crippen LogP contribution in [0, 0.1) is 0 Å². The monoisotopic (exact) mass is 296 g/mol. The fourth-order valence-corrected chi connectivity index (χ4v) is 2.82. The average molecular weight is 297 g/mol. The van der Waals surface area contributed by atoms with Gasteiger partial charge in [0.15, 0.2) is 5.03 Å². The van der Waals surface area contributed by atoms with E-state index in [0.717, 1.165) is 4.68 Å². The minimum atomic E-state index is -4.11. The Balaban J connectivity index is 3.46. The molecule has 7 nitrogen and oxygen atoms in total. The minimum absolute atomic E-state index is 0.0194. The first-order valence-electron chi connectivity index (χ1n) is 4.99. The predicted octanol–water partition coefficient (Wildman–Crippen LogP) is 0.671. The molecule has 0 saturated carbocycles. The van der Waals surface area contributed by atoms with Gasteiger partial charge in [-0.25, -0.2) is 13.2 Å². The molecule has 1 heterocycles. The van der Waals surface area contributed by atoms with Crippen LogP contribution < -0.4 is 0 Å². The first-order chi connectivity index (χ1) is 8.32. The van der Waals surface area contributed by atoms with Crippen LogP contribution in [0.3, 0.4) is 0 Å². The number of carbonyl (C=O) groups is 1. The van der Waals surface area contributed by atoms with Crippen LogP contribution in [0.5, 0.6) is 0 Å². The molecule has 0 radical (unpaired) electrons. The van der Waals surface area contributed by atoms with Gasteiger partial charge in [-0.15, -0.1) is 0 Å². The lowest BCUT2D eigenvalue weighted by atomic mass is 10.2. The lowest BCUT2D eigenvalue weighted by Crippen LogP contribution is -2.12. The van der Waals surface area contributed by atoms with Gasteiger partial charge in [0.2, 0.25) is 0 Å². The van der Waals surface area contributed by atoms with Gasteiger partial charge in [-0.05, 0) is 6.92 Å². The third-order valence-corrected chi connectivity index (χ3v) is 3.43. The van der Waals surface area contributed by atoms with Gasteiger partial charge in [0.1, 0.15) is 11.3 Å². The second-order valence-corrected chi connectivity index (χ2v) is 5.82. The molecule has 1 rings (SSSR count). The van der Waals surface area contributed by atoms with E-state index in [4.69, 9.17) is 20.2 Å². The number of ether oxygens (including phenoxy) is 2. The second-order valence-electron chi connectivity index (χ2n) is 3.34. The number of rotatable bonds is 5. The molecule has 1 aromatic rings. The van der Waals surface area contributed by atoms with Gasteiger partial charge in [-0.2, -0.15) is 5.10 Å². The first kappa shape index (κ1) is 14.9. The van der Waals surface area contributed by atoms with E-state index in [2.05, 4.69) is 5.10 Å². The molecule has 0 atom stereocenters. The summed E-state index contributed by atoms with van der Waals surface area (Å²) in [6, 6.07) is 0. The zero-order chi connectivity index (χ0) is 13.9. The van der Waals surface area contributed by atoms with Crippen molar-refractivity contribution in [2.45, 2.75) is 18.6 Å². The molecular weight excluding hydrogens is 284 g/mol. The summed E-state index contributed by atoms with van der Waals surface area (Å²) in [4.78, 5) is 11.8. The normalized spacial score (nSPS) is 11.6. The molecule has 0 saturated heterocycles. The van der Waals surface area contributed by atoms with E-state index >= 15 is 0 Å². The Kier molecular flexibility index (Phi) is 4.71. The average Bonchev–Trinajstić information content (AvgIpc) is 2.55. The summed E-state index contributed by atoms with van der Waals surface area (Å²) in [6.45, 7) is 1.70. The third kappa shape index (κ3) is 3.01. The van der Waals surface area contributed by atoms with Gasteiger partial charge in [-0.1, -0.05) is 0 Å². The van der Waals surface area contributed by atoms with Crippen molar-refractivity contribution in [1.82, 2.24) is 9.78 Å². The van der Waals surface area contributed by atoms with E-state index in [1.807, 2.05) is 0 Å². The Morgan fingerprint density at radius 1 is 1.50 bits per heavy atom. The highest BCUT2D eigenvalue weighted by Crippen LogP contribution is 2.24. The van der Waals surface area contributed by atoms with Gasteiger partial charge < -0.3 is 9.47 Å². The molecule has 0 bridgehead atoms. The van der Waals surface area contributed by atoms with Gasteiger partial charge in [0, 0.05) is 24.8 Å². The van der Waals surface area contributed by atoms with Crippen molar-refractivity contribution in [3.8, 4) is 0 Å². The Morgan fingerprint density at radius 2 is 2.11 bits per heavy atom. The summed E-state index contributed by atoms with van der Waals surface area (Å²) in [6.07, 6.45) is 0. The van der Waals surface area contributed by atoms with E-state index < -0.39 is 20.0 Å². The van der Waals surface area contributed by atoms with Crippen LogP contribution in [0.2, 0.25) is 0 Å². The van der Waals surface area contributed by atoms with E-state index in [1.165, 1.54) is 14.2 Å². The van der Waals surface area contributed by atoms with E-state index in [9.17, 15) is 13.2 Å². The standard InChI is InChI=1S/C9H13ClN2O5S/c1-4-17-9(13)7-6(5-16-3)11-12(2)8(7)18(10,14)15/h4-5H2,1-3H3. The third-order valence-electron chi connectivity index (χ3n) is 2.06. The predicted molar refractivity (Wildman–Crippen MR) is 62.9 cm³/mol. The highest BCUT2D eigenvalue weighted by molar-refractivity contribution is 8.13. The van der Waals surface area contributed by atoms with E-state index in [0.29, 0.717) is 0 Å². The fraction of sp³-hybridized carbons (Fsp3) is 0.556. The van der Waals surface area contributed by atoms with Crippen molar-refractivity contribution < 1.29 is 22.7 Å². The van der Waals surface area contributed by atoms with Gasteiger partial charge in [0.05, 0.1) is 13.2 Å². The first-order valence-corrected chi connectivity index (χ1v) is 7.30. The number of aromatic nitrogens is 2. The molecule has 1 aromatic heterocycles. The molecule has 0 amide bonds. The summed E-state index contributed by atoms with van der Waals surface area (Å²) in [5.74, 6) is -0.795. The molecule has 0 fully saturated rings. The molecule has 0 aliphatic carbocycles. The highest BCUT2D eigenvalue weighted by Gasteiger charge is 2.30. The summed E-state index contributed by atoms with van der Waals surface area (Å²) in [5.41, 5.74) is -0.0196. The van der Waals surface area contributed by atoms with Crippen LogP contribution in [0.1, 0.15) is 23.0 Å². The smallest absolute Gasteiger partial charge is 0.343 e. The lowest BCUT2D eigenvalue weighted by molar-refractivity contribution is 0.0516. The number of aryl methyl sites for hydroxylation is 1. The summed E-state index contributed by atoms with van der Waals surface area (Å²) < 4.78 is 33.6. The van der Waals surface area contributed by atoms with Gasteiger partial charge >= 0.3 is 5.97 Å². The zero-order valence-corrected chi connectivity index (χ0v) is 11.7. The largest absolute Gasteiger partial charge is 0.462 e. The van der Waals surface area contributed by atoms with E-state index in [1.54, 1.807) is 6.92 Å². The Bertz CT molecular complexity index is 552. The van der Waals surface area contributed by atoms with Crippen LogP contribution >= 0.6 is 10.7 Å². The number of hydrogen-bond donors (Lipinski definition) is 0. The lowest BCUT2D eigenvalue weighted by Gasteiger charge is -2.03. The fourth-order valence-electron chi connectivity index (χ4n) is 1.49. The summed E-state index contributed by atoms with van der Waals surface area (Å²) in [7, 11) is 3.95. The van der Waals surface area contributed by atoms with Gasteiger partial charge in [-0.3, -0.25) is 4.68 Å². The molecule has 0 spiro atoms. The second kappa shape index (κ2) is 5.68. The van der Waals surface area contributed by atoms with Crippen LogP contribution in [0.4, 0.5) is 0 Å². The van der Waals surface area contributed by atoms with Crippen LogP contribution in [0.15, 0.2) is 5.03 Å². The molecule has 0 aromatic carbocycles. The maximum Gasteiger partial charge on any atom is 0.343 e. The molecule has 102 valence electrons. The summed E-state index contributed by atoms with van der Waals surface area (Å²) in [5, 5.41) is 3.50. The number of esters is 1. The quantitative estimate of drug-likeness (QED) is 0.586. The van der Waals surface area contributed by atoms with E-state index in [-0.39, 0.29) is 24.5 Å². The van der Waals surface area contributed by atoms with Crippen LogP contribution in [0.25, 0.3) is 0 Å². The zero-order valence-electron chi connectivity index (χ0n) is 10.1. The minimum Gasteiger partial charge on any atom is -0.462 e. The van der Waals surface area contributed by atoms with Crippen molar-refractivity contribution >= 4 is 25.7 Å². The highest BCUT2D eigenvalue weighted by atomic mass is 35.7. The van der Waals surface area contributed by atoms with Crippen molar-refractivity contribution in [2.24, 2.45) is 7.05 Å². The molecular formula is C9H13ClN2O5S. The maximum atomic E-state index is 11.8. The number of methoxy groups -OCH3 is 1. The Labute approximate surface area is 109 Å². The molecule has 9 heteroatoms. The SMILES string of the molecule is CCOC(=O)c1c(COC)nn(C)c1S(=O)(=O)Cl. The van der Waals surface area contributed by atoms with Gasteiger partial charge in [0.25, 0.3) is 9.05 Å². The number of nitrogens with zero attached hydrogens (tertiary/aromatic N) is 2. The van der Waals surface area contributed by atoms with Crippen molar-refractivity contribution in [1.29, 1.82) is 0 Å². The topological polar surface area (TPSA) is 87.5 Å². The van der Waals surface area contributed by atoms with Crippen molar-refractivity contribution in [2.75, 3.05) is 13.7 Å². The summed E-state index contributed by atoms with van der Waals surface area (Å²) >= 11 is 0. The molecule has 0 N–H and O–H groups in total. The molecule has 18 heavy (non-hydrogen) atoms. The molecule has 0 unspecified atom stereocenters. The number of halogens is 1. The number of hydrogen-bond acceptors (Lipinski definition) is 6. The Hall–Kier alpha value is -1.12. The Morgan fingerprint density at radius 3 is 2.56 bits per heavy atom. The van der Waals surface area contributed by atoms with Crippen LogP contribution in [-0.2, 0) is 32.2 Å². The van der Waals surface area contributed by atoms with Crippen molar-refractivity contribution in [3.63, 3.8) is 0 Å². The number of carbonyl (C=O) groups excluding carboxylic acids is 1. The molecule has 0 aliphatic heterocycles.